The number of aliphatic carboxylic acids is 1. The topological polar surface area (TPSA) is 92.2 Å². The Morgan fingerprint density at radius 1 is 1.35 bits per heavy atom. The van der Waals surface area contributed by atoms with Crippen LogP contribution >= 0.6 is 11.3 Å². The molecule has 0 aliphatic carbocycles. The van der Waals surface area contributed by atoms with Gasteiger partial charge in [-0.1, -0.05) is 26.8 Å². The van der Waals surface area contributed by atoms with Gasteiger partial charge in [0.05, 0.1) is 11.2 Å². The van der Waals surface area contributed by atoms with Gasteiger partial charge in [-0.3, -0.25) is 9.78 Å². The molecular weight excluding hydrogens is 314 g/mol. The zero-order valence-corrected chi connectivity index (χ0v) is 14.1. The summed E-state index contributed by atoms with van der Waals surface area (Å²) in [4.78, 5) is 32.2. The lowest BCUT2D eigenvalue weighted by Gasteiger charge is -2.15. The summed E-state index contributed by atoms with van der Waals surface area (Å²) in [5, 5.41) is 12.7. The van der Waals surface area contributed by atoms with E-state index in [0.717, 1.165) is 11.4 Å². The number of nitrogens with one attached hydrogen (secondary N) is 1. The molecule has 2 heterocycles. The minimum atomic E-state index is -1.13. The van der Waals surface area contributed by atoms with E-state index in [0.29, 0.717) is 10.4 Å². The third kappa shape index (κ3) is 4.85. The maximum atomic E-state index is 12.3. The summed E-state index contributed by atoms with van der Waals surface area (Å²) in [5.74, 6) is -1.58. The quantitative estimate of drug-likeness (QED) is 0.877. The molecule has 2 rings (SSSR count). The number of rotatable bonds is 5. The minimum Gasteiger partial charge on any atom is -0.479 e. The first-order valence-electron chi connectivity index (χ1n) is 7.14. The van der Waals surface area contributed by atoms with E-state index in [9.17, 15) is 14.7 Å². The molecule has 1 atom stereocenters. The third-order valence-electron chi connectivity index (χ3n) is 3.00. The Morgan fingerprint density at radius 3 is 2.65 bits per heavy atom. The Morgan fingerprint density at radius 2 is 2.09 bits per heavy atom. The summed E-state index contributed by atoms with van der Waals surface area (Å²) >= 11 is 1.29. The van der Waals surface area contributed by atoms with Crippen LogP contribution < -0.4 is 5.32 Å². The van der Waals surface area contributed by atoms with Gasteiger partial charge in [0.15, 0.2) is 6.04 Å². The van der Waals surface area contributed by atoms with Crippen LogP contribution in [-0.2, 0) is 11.2 Å². The molecule has 2 aromatic heterocycles. The Hall–Kier alpha value is -2.28. The molecule has 6 nitrogen and oxygen atoms in total. The van der Waals surface area contributed by atoms with Gasteiger partial charge < -0.3 is 10.4 Å². The van der Waals surface area contributed by atoms with Crippen molar-refractivity contribution in [2.24, 2.45) is 5.41 Å². The van der Waals surface area contributed by atoms with Gasteiger partial charge in [0.2, 0.25) is 0 Å². The van der Waals surface area contributed by atoms with Gasteiger partial charge in [0.1, 0.15) is 4.88 Å². The monoisotopic (exact) mass is 333 g/mol. The fourth-order valence-electron chi connectivity index (χ4n) is 1.99. The molecule has 1 unspecified atom stereocenters. The Labute approximate surface area is 138 Å². The number of hydrogen-bond donors (Lipinski definition) is 2. The number of thiazole rings is 1. The van der Waals surface area contributed by atoms with Crippen molar-refractivity contribution in [3.05, 3.63) is 46.2 Å². The molecule has 0 aromatic carbocycles. The highest BCUT2D eigenvalue weighted by molar-refractivity contribution is 7.13. The van der Waals surface area contributed by atoms with Crippen molar-refractivity contribution < 1.29 is 14.7 Å². The van der Waals surface area contributed by atoms with Crippen LogP contribution in [0.25, 0.3) is 0 Å². The summed E-state index contributed by atoms with van der Waals surface area (Å²) < 4.78 is 0. The first-order chi connectivity index (χ1) is 10.8. The molecule has 2 aromatic rings. The van der Waals surface area contributed by atoms with Gasteiger partial charge in [0.25, 0.3) is 5.91 Å². The molecule has 122 valence electrons. The van der Waals surface area contributed by atoms with Crippen LogP contribution in [0.2, 0.25) is 0 Å². The smallest absolute Gasteiger partial charge is 0.330 e. The lowest BCUT2D eigenvalue weighted by atomic mass is 9.93. The average Bonchev–Trinajstić information content (AvgIpc) is 2.91. The summed E-state index contributed by atoms with van der Waals surface area (Å²) in [6.45, 7) is 6.28. The van der Waals surface area contributed by atoms with Crippen molar-refractivity contribution in [3.8, 4) is 0 Å². The lowest BCUT2D eigenvalue weighted by Crippen LogP contribution is -2.33. The molecular formula is C16H19N3O3S. The van der Waals surface area contributed by atoms with E-state index >= 15 is 0 Å². The maximum Gasteiger partial charge on any atom is 0.330 e. The molecule has 0 saturated carbocycles. The summed E-state index contributed by atoms with van der Waals surface area (Å²) in [6, 6.07) is 2.11. The van der Waals surface area contributed by atoms with Crippen molar-refractivity contribution in [1.82, 2.24) is 15.3 Å². The molecule has 0 radical (unpaired) electrons. The predicted octanol–water partition coefficient (Wildman–Crippen LogP) is 2.68. The van der Waals surface area contributed by atoms with Gasteiger partial charge in [-0.2, -0.15) is 0 Å². The first-order valence-corrected chi connectivity index (χ1v) is 7.96. The number of pyridine rings is 1. The zero-order valence-electron chi connectivity index (χ0n) is 13.2. The Balaban J connectivity index is 2.12. The fourth-order valence-corrected chi connectivity index (χ4v) is 3.11. The molecule has 0 saturated heterocycles. The van der Waals surface area contributed by atoms with Gasteiger partial charge >= 0.3 is 5.97 Å². The van der Waals surface area contributed by atoms with Gasteiger partial charge in [0, 0.05) is 24.4 Å². The van der Waals surface area contributed by atoms with E-state index in [2.05, 4.69) is 36.1 Å². The van der Waals surface area contributed by atoms with Crippen LogP contribution in [0, 0.1) is 5.41 Å². The standard InChI is InChI=1S/C16H19N3O3S/c1-16(2,3)7-12-18-9-11(23-12)14(20)19-13(15(21)22)10-5-4-6-17-8-10/h4-6,8-9,13H,7H2,1-3H3,(H,19,20)(H,21,22). The number of carbonyl (C=O) groups excluding carboxylic acids is 1. The SMILES string of the molecule is CC(C)(C)Cc1ncc(C(=O)NC(C(=O)O)c2cccnc2)s1. The van der Waals surface area contributed by atoms with E-state index in [-0.39, 0.29) is 5.41 Å². The van der Waals surface area contributed by atoms with Gasteiger partial charge in [-0.25, -0.2) is 9.78 Å². The molecule has 0 aliphatic heterocycles. The second-order valence-electron chi connectivity index (χ2n) is 6.39. The van der Waals surface area contributed by atoms with Crippen molar-refractivity contribution in [2.45, 2.75) is 33.2 Å². The fraction of sp³-hybridized carbons (Fsp3) is 0.375. The summed E-state index contributed by atoms with van der Waals surface area (Å²) in [5.41, 5.74) is 0.498. The normalized spacial score (nSPS) is 12.7. The molecule has 0 fully saturated rings. The highest BCUT2D eigenvalue weighted by Crippen LogP contribution is 2.24. The molecule has 0 spiro atoms. The third-order valence-corrected chi connectivity index (χ3v) is 4.00. The van der Waals surface area contributed by atoms with E-state index in [1.165, 1.54) is 23.7 Å². The van der Waals surface area contributed by atoms with Crippen LogP contribution in [0.15, 0.2) is 30.7 Å². The Bertz CT molecular complexity index is 692. The molecule has 7 heteroatoms. The molecule has 1 amide bonds. The lowest BCUT2D eigenvalue weighted by molar-refractivity contribution is -0.139. The van der Waals surface area contributed by atoms with E-state index in [1.807, 2.05) is 0 Å². The number of carboxylic acids is 1. The molecule has 23 heavy (non-hydrogen) atoms. The number of carboxylic acid groups (broad SMARTS) is 1. The van der Waals surface area contributed by atoms with Crippen molar-refractivity contribution >= 4 is 23.2 Å². The largest absolute Gasteiger partial charge is 0.479 e. The minimum absolute atomic E-state index is 0.0743. The Kier molecular flexibility index (Phi) is 5.10. The highest BCUT2D eigenvalue weighted by atomic mass is 32.1. The van der Waals surface area contributed by atoms with Gasteiger partial charge in [-0.15, -0.1) is 11.3 Å². The highest BCUT2D eigenvalue weighted by Gasteiger charge is 2.24. The number of carbonyl (C=O) groups is 2. The number of nitrogens with zero attached hydrogens (tertiary/aromatic N) is 2. The predicted molar refractivity (Wildman–Crippen MR) is 87.4 cm³/mol. The van der Waals surface area contributed by atoms with E-state index in [4.69, 9.17) is 0 Å². The second-order valence-corrected chi connectivity index (χ2v) is 7.50. The average molecular weight is 333 g/mol. The first kappa shape index (κ1) is 17.1. The van der Waals surface area contributed by atoms with Crippen LogP contribution in [0.3, 0.4) is 0 Å². The number of aromatic nitrogens is 2. The summed E-state index contributed by atoms with van der Waals surface area (Å²) in [6.07, 6.45) is 5.22. The van der Waals surface area contributed by atoms with E-state index < -0.39 is 17.9 Å². The van der Waals surface area contributed by atoms with Crippen molar-refractivity contribution in [1.29, 1.82) is 0 Å². The van der Waals surface area contributed by atoms with Crippen LogP contribution in [0.5, 0.6) is 0 Å². The molecule has 0 bridgehead atoms. The van der Waals surface area contributed by atoms with Crippen molar-refractivity contribution in [3.63, 3.8) is 0 Å². The molecule has 0 aliphatic rings. The maximum absolute atomic E-state index is 12.3. The molecule has 2 N–H and O–H groups in total. The zero-order chi connectivity index (χ0) is 17.0. The summed E-state index contributed by atoms with van der Waals surface area (Å²) in [7, 11) is 0. The van der Waals surface area contributed by atoms with Gasteiger partial charge in [-0.05, 0) is 11.5 Å². The van der Waals surface area contributed by atoms with E-state index in [1.54, 1.807) is 18.3 Å². The van der Waals surface area contributed by atoms with Crippen LogP contribution in [0.1, 0.15) is 47.1 Å². The number of hydrogen-bond acceptors (Lipinski definition) is 5. The second kappa shape index (κ2) is 6.87. The van der Waals surface area contributed by atoms with Crippen LogP contribution in [0.4, 0.5) is 0 Å². The van der Waals surface area contributed by atoms with Crippen LogP contribution in [-0.4, -0.2) is 27.0 Å². The number of amides is 1. The van der Waals surface area contributed by atoms with Crippen molar-refractivity contribution in [2.75, 3.05) is 0 Å².